The van der Waals surface area contributed by atoms with Crippen molar-refractivity contribution in [1.29, 1.82) is 0 Å². The van der Waals surface area contributed by atoms with Crippen LogP contribution in [-0.4, -0.2) is 66.2 Å². The maximum absolute atomic E-state index is 13.8. The Labute approximate surface area is 191 Å². The number of halogens is 2. The molecule has 33 heavy (non-hydrogen) atoms. The third kappa shape index (κ3) is 4.47. The number of imide groups is 1. The molecule has 0 radical (unpaired) electrons. The van der Waals surface area contributed by atoms with Crippen molar-refractivity contribution < 1.29 is 31.6 Å². The number of urea groups is 1. The Morgan fingerprint density at radius 2 is 1.82 bits per heavy atom. The maximum Gasteiger partial charge on any atom is 0.325 e. The van der Waals surface area contributed by atoms with Gasteiger partial charge in [-0.25, -0.2) is 22.0 Å². The van der Waals surface area contributed by atoms with Crippen LogP contribution in [0.3, 0.4) is 0 Å². The molecule has 4 amide bonds. The van der Waals surface area contributed by atoms with Crippen LogP contribution in [0, 0.1) is 11.6 Å². The summed E-state index contributed by atoms with van der Waals surface area (Å²) in [5, 5.41) is 2.48. The van der Waals surface area contributed by atoms with Crippen LogP contribution in [0.2, 0.25) is 0 Å². The average Bonchev–Trinajstić information content (AvgIpc) is 3.22. The van der Waals surface area contributed by atoms with E-state index in [1.165, 1.54) is 13.0 Å². The van der Waals surface area contributed by atoms with Gasteiger partial charge in [-0.1, -0.05) is 25.3 Å². The van der Waals surface area contributed by atoms with Gasteiger partial charge in [-0.2, -0.15) is 0 Å². The van der Waals surface area contributed by atoms with Gasteiger partial charge in [0.25, 0.3) is 5.91 Å². The Morgan fingerprint density at radius 1 is 1.12 bits per heavy atom. The lowest BCUT2D eigenvalue weighted by atomic mass is 9.91. The molecule has 1 aliphatic carbocycles. The van der Waals surface area contributed by atoms with E-state index in [-0.39, 0.29) is 23.1 Å². The summed E-state index contributed by atoms with van der Waals surface area (Å²) in [6.07, 6.45) is 4.71. The molecule has 0 aromatic heterocycles. The fraction of sp³-hybridized carbons (Fsp3) is 0.591. The minimum absolute atomic E-state index is 0.00546. The quantitative estimate of drug-likeness (QED) is 0.646. The summed E-state index contributed by atoms with van der Waals surface area (Å²) in [4.78, 5) is 41.5. The number of carbonyl (C=O) groups is 3. The molecule has 2 heterocycles. The third-order valence-electron chi connectivity index (χ3n) is 6.92. The number of sulfone groups is 1. The molecule has 2 aliphatic heterocycles. The van der Waals surface area contributed by atoms with Crippen LogP contribution >= 0.6 is 0 Å². The molecule has 3 aliphatic rings. The fourth-order valence-corrected chi connectivity index (χ4v) is 6.83. The summed E-state index contributed by atoms with van der Waals surface area (Å²) >= 11 is 0. The normalized spacial score (nSPS) is 27.6. The highest BCUT2D eigenvalue weighted by Crippen LogP contribution is 2.32. The van der Waals surface area contributed by atoms with Crippen molar-refractivity contribution in [2.24, 2.45) is 0 Å². The first-order valence-electron chi connectivity index (χ1n) is 11.1. The Kier molecular flexibility index (Phi) is 6.19. The second kappa shape index (κ2) is 8.66. The van der Waals surface area contributed by atoms with Crippen molar-refractivity contribution in [3.63, 3.8) is 0 Å². The molecule has 3 fully saturated rings. The number of hydrogen-bond donors (Lipinski definition) is 1. The van der Waals surface area contributed by atoms with Gasteiger partial charge in [-0.15, -0.1) is 0 Å². The molecule has 1 aromatic rings. The first-order chi connectivity index (χ1) is 15.5. The fourth-order valence-electron chi connectivity index (χ4n) is 5.12. The summed E-state index contributed by atoms with van der Waals surface area (Å²) in [5.41, 5.74) is -1.60. The van der Waals surface area contributed by atoms with E-state index in [2.05, 4.69) is 5.32 Å². The minimum Gasteiger partial charge on any atom is -0.334 e. The van der Waals surface area contributed by atoms with Crippen LogP contribution in [-0.2, 0) is 25.0 Å². The third-order valence-corrected chi connectivity index (χ3v) is 8.67. The van der Waals surface area contributed by atoms with E-state index in [4.69, 9.17) is 0 Å². The lowest BCUT2D eigenvalue weighted by molar-refractivity contribution is -0.142. The van der Waals surface area contributed by atoms with Crippen molar-refractivity contribution in [2.45, 2.75) is 63.1 Å². The number of nitrogens with zero attached hydrogens (tertiary/aromatic N) is 2. The zero-order valence-corrected chi connectivity index (χ0v) is 19.2. The van der Waals surface area contributed by atoms with Crippen LogP contribution in [0.1, 0.15) is 51.0 Å². The van der Waals surface area contributed by atoms with Crippen molar-refractivity contribution in [3.05, 3.63) is 35.4 Å². The standard InChI is InChI=1S/C22H27F2N3O5S/c1-22(14-7-8-17(23)18(24)11-14)20(29)26(21(30)25-22)12-19(28)27(15-5-3-2-4-6-15)16-9-10-33(31,32)13-16/h7-8,11,15-16H,2-6,9-10,12-13H2,1H3,(H,25,30). The lowest BCUT2D eigenvalue weighted by Crippen LogP contribution is -2.53. The molecule has 2 saturated heterocycles. The molecule has 180 valence electrons. The van der Waals surface area contributed by atoms with E-state index in [1.54, 1.807) is 4.90 Å². The smallest absolute Gasteiger partial charge is 0.325 e. The maximum atomic E-state index is 13.8. The van der Waals surface area contributed by atoms with E-state index >= 15 is 0 Å². The molecule has 1 saturated carbocycles. The first-order valence-corrected chi connectivity index (χ1v) is 13.0. The Hall–Kier alpha value is -2.56. The molecule has 0 spiro atoms. The van der Waals surface area contributed by atoms with Crippen molar-refractivity contribution in [1.82, 2.24) is 15.1 Å². The van der Waals surface area contributed by atoms with Gasteiger partial charge in [0.05, 0.1) is 11.5 Å². The topological polar surface area (TPSA) is 104 Å². The van der Waals surface area contributed by atoms with Gasteiger partial charge in [-0.3, -0.25) is 14.5 Å². The molecular weight excluding hydrogens is 456 g/mol. The molecule has 1 aromatic carbocycles. The second-order valence-corrected chi connectivity index (χ2v) is 11.5. The van der Waals surface area contributed by atoms with E-state index in [9.17, 15) is 31.6 Å². The Bertz CT molecular complexity index is 1090. The molecule has 1 N–H and O–H groups in total. The highest BCUT2D eigenvalue weighted by molar-refractivity contribution is 7.91. The van der Waals surface area contributed by atoms with Crippen LogP contribution < -0.4 is 5.32 Å². The number of benzene rings is 1. The van der Waals surface area contributed by atoms with Crippen LogP contribution in [0.25, 0.3) is 0 Å². The van der Waals surface area contributed by atoms with Gasteiger partial charge in [0.2, 0.25) is 5.91 Å². The summed E-state index contributed by atoms with van der Waals surface area (Å²) in [7, 11) is -3.24. The summed E-state index contributed by atoms with van der Waals surface area (Å²) in [6.45, 7) is 0.823. The molecule has 2 atom stereocenters. The lowest BCUT2D eigenvalue weighted by Gasteiger charge is -2.38. The molecule has 2 unspecified atom stereocenters. The molecular formula is C22H27F2N3O5S. The van der Waals surface area contributed by atoms with Gasteiger partial charge < -0.3 is 10.2 Å². The van der Waals surface area contributed by atoms with Gasteiger partial charge >= 0.3 is 6.03 Å². The molecule has 11 heteroatoms. The summed E-state index contributed by atoms with van der Waals surface area (Å²) in [6, 6.07) is 1.49. The number of carbonyl (C=O) groups excluding carboxylic acids is 3. The van der Waals surface area contributed by atoms with E-state index < -0.39 is 57.4 Å². The van der Waals surface area contributed by atoms with Crippen molar-refractivity contribution >= 4 is 27.7 Å². The number of nitrogens with one attached hydrogen (secondary N) is 1. The highest BCUT2D eigenvalue weighted by Gasteiger charge is 2.50. The van der Waals surface area contributed by atoms with Gasteiger partial charge in [0.15, 0.2) is 21.5 Å². The predicted octanol–water partition coefficient (Wildman–Crippen LogP) is 2.08. The molecule has 8 nitrogen and oxygen atoms in total. The predicted molar refractivity (Wildman–Crippen MR) is 115 cm³/mol. The van der Waals surface area contributed by atoms with Gasteiger partial charge in [-0.05, 0) is 43.9 Å². The zero-order chi connectivity index (χ0) is 24.0. The molecule has 4 rings (SSSR count). The van der Waals surface area contributed by atoms with E-state index in [0.29, 0.717) is 6.42 Å². The Balaban J connectivity index is 1.56. The minimum atomic E-state index is -3.24. The van der Waals surface area contributed by atoms with Gasteiger partial charge in [0, 0.05) is 12.1 Å². The van der Waals surface area contributed by atoms with Crippen molar-refractivity contribution in [2.75, 3.05) is 18.1 Å². The van der Waals surface area contributed by atoms with Crippen molar-refractivity contribution in [3.8, 4) is 0 Å². The van der Waals surface area contributed by atoms with Crippen LogP contribution in [0.15, 0.2) is 18.2 Å². The first kappa shape index (κ1) is 23.6. The number of rotatable bonds is 5. The van der Waals surface area contributed by atoms with Gasteiger partial charge in [0.1, 0.15) is 12.1 Å². The summed E-state index contributed by atoms with van der Waals surface area (Å²) in [5.74, 6) is -3.60. The Morgan fingerprint density at radius 3 is 2.42 bits per heavy atom. The SMILES string of the molecule is CC1(c2ccc(F)c(F)c2)NC(=O)N(CC(=O)N(C2CCCCC2)C2CCS(=O)(=O)C2)C1=O. The average molecular weight is 484 g/mol. The van der Waals surface area contributed by atoms with Crippen LogP contribution in [0.4, 0.5) is 13.6 Å². The monoisotopic (exact) mass is 483 g/mol. The number of hydrogen-bond acceptors (Lipinski definition) is 5. The zero-order valence-electron chi connectivity index (χ0n) is 18.4. The van der Waals surface area contributed by atoms with Crippen LogP contribution in [0.5, 0.6) is 0 Å². The summed E-state index contributed by atoms with van der Waals surface area (Å²) < 4.78 is 51.2. The second-order valence-electron chi connectivity index (χ2n) is 9.23. The number of amides is 4. The largest absolute Gasteiger partial charge is 0.334 e. The highest BCUT2D eigenvalue weighted by atomic mass is 32.2. The van der Waals surface area contributed by atoms with E-state index in [1.807, 2.05) is 0 Å². The van der Waals surface area contributed by atoms with E-state index in [0.717, 1.165) is 49.1 Å². The molecule has 0 bridgehead atoms.